The van der Waals surface area contributed by atoms with Gasteiger partial charge in [0.1, 0.15) is 0 Å². The molecule has 1 aromatic rings. The van der Waals surface area contributed by atoms with Crippen molar-refractivity contribution in [1.29, 1.82) is 0 Å². The predicted molar refractivity (Wildman–Crippen MR) is 63.4 cm³/mol. The summed E-state index contributed by atoms with van der Waals surface area (Å²) in [5.41, 5.74) is 1.61. The normalized spacial score (nSPS) is 11.0. The summed E-state index contributed by atoms with van der Waals surface area (Å²) in [7, 11) is 0. The van der Waals surface area contributed by atoms with Crippen molar-refractivity contribution in [2.24, 2.45) is 5.16 Å². The monoisotopic (exact) mass is 220 g/mol. The second-order valence-corrected chi connectivity index (χ2v) is 3.35. The van der Waals surface area contributed by atoms with E-state index in [4.69, 9.17) is 4.84 Å². The van der Waals surface area contributed by atoms with Crippen molar-refractivity contribution >= 4 is 11.8 Å². The van der Waals surface area contributed by atoms with E-state index in [2.05, 4.69) is 10.5 Å². The number of nitrogens with one attached hydrogen (secondary N) is 1. The molecular formula is C12H16N2O2. The highest BCUT2D eigenvalue weighted by molar-refractivity contribution is 5.98. The molecule has 1 N–H and O–H groups in total. The highest BCUT2D eigenvalue weighted by Crippen LogP contribution is 2.00. The molecule has 0 bridgehead atoms. The smallest absolute Gasteiger partial charge is 0.320 e. The van der Waals surface area contributed by atoms with Crippen LogP contribution in [0.2, 0.25) is 0 Å². The van der Waals surface area contributed by atoms with Crippen molar-refractivity contribution in [2.75, 3.05) is 6.54 Å². The fourth-order valence-electron chi connectivity index (χ4n) is 1.10. The molecule has 1 rings (SSSR count). The van der Waals surface area contributed by atoms with E-state index in [0.717, 1.165) is 12.0 Å². The second kappa shape index (κ2) is 6.61. The van der Waals surface area contributed by atoms with Crippen LogP contribution < -0.4 is 5.32 Å². The molecule has 1 aromatic carbocycles. The predicted octanol–water partition coefficient (Wildman–Crippen LogP) is 2.55. The lowest BCUT2D eigenvalue weighted by atomic mass is 10.1. The van der Waals surface area contributed by atoms with E-state index in [1.807, 2.05) is 37.3 Å². The van der Waals surface area contributed by atoms with Gasteiger partial charge in [-0.05, 0) is 18.9 Å². The summed E-state index contributed by atoms with van der Waals surface area (Å²) in [6.45, 7) is 4.36. The van der Waals surface area contributed by atoms with Gasteiger partial charge in [-0.3, -0.25) is 4.84 Å². The van der Waals surface area contributed by atoms with Crippen molar-refractivity contribution < 1.29 is 9.63 Å². The first-order valence-electron chi connectivity index (χ1n) is 5.29. The molecule has 0 saturated heterocycles. The van der Waals surface area contributed by atoms with E-state index in [1.165, 1.54) is 0 Å². The SMILES string of the molecule is CCCNC(=O)O/N=C(\C)c1ccccc1. The molecule has 0 aliphatic rings. The molecule has 0 aromatic heterocycles. The molecule has 86 valence electrons. The van der Waals surface area contributed by atoms with Crippen molar-refractivity contribution in [3.05, 3.63) is 35.9 Å². The van der Waals surface area contributed by atoms with Crippen LogP contribution in [0.4, 0.5) is 4.79 Å². The van der Waals surface area contributed by atoms with Crippen LogP contribution in [0.25, 0.3) is 0 Å². The Morgan fingerprint density at radius 2 is 2.06 bits per heavy atom. The van der Waals surface area contributed by atoms with Crippen LogP contribution in [0.15, 0.2) is 35.5 Å². The zero-order valence-electron chi connectivity index (χ0n) is 9.56. The minimum Gasteiger partial charge on any atom is -0.320 e. The lowest BCUT2D eigenvalue weighted by molar-refractivity contribution is 0.151. The maximum Gasteiger partial charge on any atom is 0.433 e. The number of amides is 1. The van der Waals surface area contributed by atoms with Crippen LogP contribution in [0.3, 0.4) is 0 Å². The molecule has 0 aliphatic carbocycles. The third-order valence-corrected chi connectivity index (χ3v) is 1.98. The first-order chi connectivity index (χ1) is 7.74. The zero-order valence-corrected chi connectivity index (χ0v) is 9.56. The van der Waals surface area contributed by atoms with E-state index >= 15 is 0 Å². The fourth-order valence-corrected chi connectivity index (χ4v) is 1.10. The average Bonchev–Trinajstić information content (AvgIpc) is 2.34. The molecule has 1 amide bonds. The van der Waals surface area contributed by atoms with Crippen molar-refractivity contribution in [1.82, 2.24) is 5.32 Å². The Morgan fingerprint density at radius 3 is 2.69 bits per heavy atom. The van der Waals surface area contributed by atoms with Gasteiger partial charge in [0, 0.05) is 6.54 Å². The summed E-state index contributed by atoms with van der Waals surface area (Å²) < 4.78 is 0. The van der Waals surface area contributed by atoms with Gasteiger partial charge >= 0.3 is 6.09 Å². The molecule has 0 radical (unpaired) electrons. The van der Waals surface area contributed by atoms with Crippen LogP contribution >= 0.6 is 0 Å². The molecule has 0 fully saturated rings. The zero-order chi connectivity index (χ0) is 11.8. The summed E-state index contributed by atoms with van der Waals surface area (Å²) in [4.78, 5) is 15.8. The highest BCUT2D eigenvalue weighted by atomic mass is 16.7. The van der Waals surface area contributed by atoms with Gasteiger partial charge in [-0.2, -0.15) is 0 Å². The summed E-state index contributed by atoms with van der Waals surface area (Å²) in [6.07, 6.45) is 0.355. The van der Waals surface area contributed by atoms with Gasteiger partial charge < -0.3 is 5.32 Å². The quantitative estimate of drug-likeness (QED) is 0.481. The molecule has 0 saturated carbocycles. The number of rotatable bonds is 4. The van der Waals surface area contributed by atoms with Gasteiger partial charge in [-0.1, -0.05) is 42.4 Å². The van der Waals surface area contributed by atoms with E-state index in [9.17, 15) is 4.79 Å². The van der Waals surface area contributed by atoms with Crippen LogP contribution in [-0.2, 0) is 4.84 Å². The van der Waals surface area contributed by atoms with Gasteiger partial charge in [0.15, 0.2) is 0 Å². The first kappa shape index (κ1) is 12.2. The van der Waals surface area contributed by atoms with E-state index in [1.54, 1.807) is 6.92 Å². The van der Waals surface area contributed by atoms with Crippen LogP contribution in [-0.4, -0.2) is 18.3 Å². The summed E-state index contributed by atoms with van der Waals surface area (Å²) in [5.74, 6) is 0. The molecule has 4 heteroatoms. The first-order valence-corrected chi connectivity index (χ1v) is 5.29. The summed E-state index contributed by atoms with van der Waals surface area (Å²) in [5, 5.41) is 6.32. The Kier molecular flexibility index (Phi) is 5.05. The fraction of sp³-hybridized carbons (Fsp3) is 0.333. The molecular weight excluding hydrogens is 204 g/mol. The highest BCUT2D eigenvalue weighted by Gasteiger charge is 2.01. The maximum absolute atomic E-state index is 11.1. The molecule has 0 unspecified atom stereocenters. The van der Waals surface area contributed by atoms with Crippen LogP contribution in [0.1, 0.15) is 25.8 Å². The number of carbonyl (C=O) groups excluding carboxylic acids is 1. The molecule has 0 spiro atoms. The Morgan fingerprint density at radius 1 is 1.38 bits per heavy atom. The number of oxime groups is 1. The average molecular weight is 220 g/mol. The molecule has 16 heavy (non-hydrogen) atoms. The molecule has 0 atom stereocenters. The minimum atomic E-state index is -0.517. The summed E-state index contributed by atoms with van der Waals surface area (Å²) in [6, 6.07) is 9.56. The third-order valence-electron chi connectivity index (χ3n) is 1.98. The minimum absolute atomic E-state index is 0.517. The van der Waals surface area contributed by atoms with Crippen LogP contribution in [0.5, 0.6) is 0 Å². The van der Waals surface area contributed by atoms with E-state index in [-0.39, 0.29) is 0 Å². The van der Waals surface area contributed by atoms with Gasteiger partial charge in [0.25, 0.3) is 0 Å². The summed E-state index contributed by atoms with van der Waals surface area (Å²) >= 11 is 0. The van der Waals surface area contributed by atoms with Crippen LogP contribution in [0, 0.1) is 0 Å². The second-order valence-electron chi connectivity index (χ2n) is 3.35. The largest absolute Gasteiger partial charge is 0.433 e. The number of hydrogen-bond donors (Lipinski definition) is 1. The standard InChI is InChI=1S/C12H16N2O2/c1-3-9-13-12(15)16-14-10(2)11-7-5-4-6-8-11/h4-8H,3,9H2,1-2H3,(H,13,15)/b14-10+. The van der Waals surface area contributed by atoms with Gasteiger partial charge in [-0.25, -0.2) is 4.79 Å². The van der Waals surface area contributed by atoms with Crippen molar-refractivity contribution in [2.45, 2.75) is 20.3 Å². The topological polar surface area (TPSA) is 50.7 Å². The van der Waals surface area contributed by atoms with Crippen molar-refractivity contribution in [3.63, 3.8) is 0 Å². The lowest BCUT2D eigenvalue weighted by Crippen LogP contribution is -2.23. The van der Waals surface area contributed by atoms with Gasteiger partial charge in [0.05, 0.1) is 5.71 Å². The molecule has 0 heterocycles. The Balaban J connectivity index is 2.48. The number of hydrogen-bond acceptors (Lipinski definition) is 3. The Hall–Kier alpha value is -1.84. The number of benzene rings is 1. The van der Waals surface area contributed by atoms with Crippen molar-refractivity contribution in [3.8, 4) is 0 Å². The van der Waals surface area contributed by atoms with Gasteiger partial charge in [0.2, 0.25) is 0 Å². The molecule has 4 nitrogen and oxygen atoms in total. The van der Waals surface area contributed by atoms with Gasteiger partial charge in [-0.15, -0.1) is 0 Å². The number of nitrogens with zero attached hydrogens (tertiary/aromatic N) is 1. The maximum atomic E-state index is 11.1. The van der Waals surface area contributed by atoms with E-state index < -0.39 is 6.09 Å². The molecule has 0 aliphatic heterocycles. The number of carbonyl (C=O) groups is 1. The van der Waals surface area contributed by atoms with E-state index in [0.29, 0.717) is 12.3 Å². The third kappa shape index (κ3) is 4.13. The Bertz CT molecular complexity index is 361. The lowest BCUT2D eigenvalue weighted by Gasteiger charge is -2.01. The Labute approximate surface area is 95.3 Å².